The molecule has 0 saturated carbocycles. The van der Waals surface area contributed by atoms with Crippen LogP contribution >= 0.6 is 11.3 Å². The van der Waals surface area contributed by atoms with Crippen LogP contribution in [0, 0.1) is 13.8 Å². The molecule has 0 aliphatic carbocycles. The van der Waals surface area contributed by atoms with E-state index in [0.717, 1.165) is 24.2 Å². The van der Waals surface area contributed by atoms with Crippen molar-refractivity contribution in [3.05, 3.63) is 39.8 Å². The van der Waals surface area contributed by atoms with Gasteiger partial charge in [0.2, 0.25) is 5.91 Å². The SMILES string of the molecule is CCCC(NC(=O)Cn1nc(C)cc1C)c1cccs1. The molecule has 0 spiro atoms. The predicted octanol–water partition coefficient (Wildman–Crippen LogP) is 3.22. The lowest BCUT2D eigenvalue weighted by Crippen LogP contribution is -2.31. The molecule has 108 valence electrons. The number of aryl methyl sites for hydroxylation is 2. The Morgan fingerprint density at radius 2 is 2.30 bits per heavy atom. The van der Waals surface area contributed by atoms with Gasteiger partial charge in [0.25, 0.3) is 0 Å². The molecule has 2 rings (SSSR count). The fourth-order valence-corrected chi connectivity index (χ4v) is 3.09. The molecule has 1 N–H and O–H groups in total. The average Bonchev–Trinajstić information content (AvgIpc) is 2.99. The van der Waals surface area contributed by atoms with Crippen molar-refractivity contribution in [3.63, 3.8) is 0 Å². The summed E-state index contributed by atoms with van der Waals surface area (Å²) in [5, 5.41) is 9.49. The van der Waals surface area contributed by atoms with E-state index in [4.69, 9.17) is 0 Å². The fourth-order valence-electron chi connectivity index (χ4n) is 2.27. The van der Waals surface area contributed by atoms with Crippen LogP contribution < -0.4 is 5.32 Å². The predicted molar refractivity (Wildman–Crippen MR) is 81.8 cm³/mol. The summed E-state index contributed by atoms with van der Waals surface area (Å²) < 4.78 is 1.75. The van der Waals surface area contributed by atoms with Crippen LogP contribution in [-0.2, 0) is 11.3 Å². The number of aromatic nitrogens is 2. The van der Waals surface area contributed by atoms with Gasteiger partial charge in [0.05, 0.1) is 11.7 Å². The zero-order valence-electron chi connectivity index (χ0n) is 12.2. The lowest BCUT2D eigenvalue weighted by atomic mass is 10.1. The maximum atomic E-state index is 12.2. The highest BCUT2D eigenvalue weighted by molar-refractivity contribution is 7.10. The van der Waals surface area contributed by atoms with Crippen molar-refractivity contribution in [2.24, 2.45) is 0 Å². The van der Waals surface area contributed by atoms with E-state index in [1.54, 1.807) is 16.0 Å². The molecule has 4 nitrogen and oxygen atoms in total. The molecule has 0 aromatic carbocycles. The minimum absolute atomic E-state index is 0.0167. The number of amides is 1. The smallest absolute Gasteiger partial charge is 0.242 e. The summed E-state index contributed by atoms with van der Waals surface area (Å²) in [4.78, 5) is 13.4. The number of carbonyl (C=O) groups excluding carboxylic acids is 1. The maximum absolute atomic E-state index is 12.2. The lowest BCUT2D eigenvalue weighted by molar-refractivity contribution is -0.122. The topological polar surface area (TPSA) is 46.9 Å². The lowest BCUT2D eigenvalue weighted by Gasteiger charge is -2.17. The molecule has 1 amide bonds. The Morgan fingerprint density at radius 3 is 2.85 bits per heavy atom. The minimum atomic E-state index is 0.0167. The number of nitrogens with zero attached hydrogens (tertiary/aromatic N) is 2. The Labute approximate surface area is 123 Å². The monoisotopic (exact) mass is 291 g/mol. The van der Waals surface area contributed by atoms with Crippen molar-refractivity contribution in [1.29, 1.82) is 0 Å². The standard InChI is InChI=1S/C15H21N3OS/c1-4-6-13(14-7-5-8-20-14)16-15(19)10-18-12(3)9-11(2)17-18/h5,7-9,13H,4,6,10H2,1-3H3,(H,16,19). The van der Waals surface area contributed by atoms with Crippen LogP contribution in [0.4, 0.5) is 0 Å². The Hall–Kier alpha value is -1.62. The normalized spacial score (nSPS) is 12.3. The minimum Gasteiger partial charge on any atom is -0.347 e. The second-order valence-electron chi connectivity index (χ2n) is 5.01. The van der Waals surface area contributed by atoms with Gasteiger partial charge in [-0.05, 0) is 37.8 Å². The van der Waals surface area contributed by atoms with Crippen LogP contribution in [0.2, 0.25) is 0 Å². The van der Waals surface area contributed by atoms with E-state index in [1.807, 2.05) is 31.4 Å². The Bertz CT molecular complexity index is 560. The highest BCUT2D eigenvalue weighted by Gasteiger charge is 2.15. The first kappa shape index (κ1) is 14.8. The van der Waals surface area contributed by atoms with E-state index in [2.05, 4.69) is 23.4 Å². The summed E-state index contributed by atoms with van der Waals surface area (Å²) in [5.41, 5.74) is 1.96. The number of hydrogen-bond acceptors (Lipinski definition) is 3. The molecular formula is C15H21N3OS. The van der Waals surface area contributed by atoms with Gasteiger partial charge in [0, 0.05) is 10.6 Å². The number of carbonyl (C=O) groups is 1. The van der Waals surface area contributed by atoms with Crippen molar-refractivity contribution in [1.82, 2.24) is 15.1 Å². The Balaban J connectivity index is 2.00. The third-order valence-corrected chi connectivity index (χ3v) is 4.18. The highest BCUT2D eigenvalue weighted by Crippen LogP contribution is 2.23. The second-order valence-corrected chi connectivity index (χ2v) is 5.99. The van der Waals surface area contributed by atoms with E-state index >= 15 is 0 Å². The quantitative estimate of drug-likeness (QED) is 0.888. The van der Waals surface area contributed by atoms with Crippen LogP contribution in [0.1, 0.15) is 42.1 Å². The Kier molecular flexibility index (Phi) is 4.95. The molecule has 0 bridgehead atoms. The molecule has 2 heterocycles. The van der Waals surface area contributed by atoms with Gasteiger partial charge < -0.3 is 5.32 Å². The molecule has 0 saturated heterocycles. The highest BCUT2D eigenvalue weighted by atomic mass is 32.1. The molecular weight excluding hydrogens is 270 g/mol. The average molecular weight is 291 g/mol. The van der Waals surface area contributed by atoms with E-state index in [9.17, 15) is 4.79 Å². The van der Waals surface area contributed by atoms with Gasteiger partial charge in [0.15, 0.2) is 0 Å². The molecule has 2 aromatic rings. The molecule has 1 atom stereocenters. The summed E-state index contributed by atoms with van der Waals surface area (Å²) in [5.74, 6) is 0.0167. The van der Waals surface area contributed by atoms with E-state index in [0.29, 0.717) is 0 Å². The van der Waals surface area contributed by atoms with Crippen LogP contribution in [-0.4, -0.2) is 15.7 Å². The summed E-state index contributed by atoms with van der Waals surface area (Å²) in [6, 6.07) is 6.20. The molecule has 0 aliphatic heterocycles. The number of rotatable bonds is 6. The van der Waals surface area contributed by atoms with Crippen molar-refractivity contribution in [2.75, 3.05) is 0 Å². The molecule has 0 radical (unpaired) electrons. The van der Waals surface area contributed by atoms with Gasteiger partial charge in [-0.15, -0.1) is 11.3 Å². The molecule has 2 aromatic heterocycles. The number of thiophene rings is 1. The zero-order valence-corrected chi connectivity index (χ0v) is 13.0. The first-order valence-corrected chi connectivity index (χ1v) is 7.82. The van der Waals surface area contributed by atoms with Gasteiger partial charge in [-0.1, -0.05) is 19.4 Å². The Morgan fingerprint density at radius 1 is 1.50 bits per heavy atom. The summed E-state index contributed by atoms with van der Waals surface area (Å²) in [6.45, 7) is 6.32. The van der Waals surface area contributed by atoms with Crippen LogP contribution in [0.25, 0.3) is 0 Å². The molecule has 20 heavy (non-hydrogen) atoms. The van der Waals surface area contributed by atoms with Crippen LogP contribution in [0.15, 0.2) is 23.6 Å². The number of hydrogen-bond donors (Lipinski definition) is 1. The van der Waals surface area contributed by atoms with Gasteiger partial charge in [-0.2, -0.15) is 5.10 Å². The van der Waals surface area contributed by atoms with E-state index in [-0.39, 0.29) is 18.5 Å². The molecule has 0 fully saturated rings. The molecule has 0 aliphatic rings. The summed E-state index contributed by atoms with van der Waals surface area (Å²) >= 11 is 1.69. The van der Waals surface area contributed by atoms with Gasteiger partial charge in [-0.3, -0.25) is 9.48 Å². The molecule has 1 unspecified atom stereocenters. The third-order valence-electron chi connectivity index (χ3n) is 3.20. The zero-order chi connectivity index (χ0) is 14.5. The van der Waals surface area contributed by atoms with Crippen molar-refractivity contribution >= 4 is 17.2 Å². The first-order chi connectivity index (χ1) is 9.60. The summed E-state index contributed by atoms with van der Waals surface area (Å²) in [7, 11) is 0. The number of nitrogens with one attached hydrogen (secondary N) is 1. The molecule has 5 heteroatoms. The largest absolute Gasteiger partial charge is 0.347 e. The van der Waals surface area contributed by atoms with Crippen molar-refractivity contribution in [2.45, 2.75) is 46.2 Å². The van der Waals surface area contributed by atoms with Crippen molar-refractivity contribution in [3.8, 4) is 0 Å². The van der Waals surface area contributed by atoms with Crippen LogP contribution in [0.5, 0.6) is 0 Å². The van der Waals surface area contributed by atoms with E-state index in [1.165, 1.54) is 4.88 Å². The van der Waals surface area contributed by atoms with E-state index < -0.39 is 0 Å². The third kappa shape index (κ3) is 3.70. The fraction of sp³-hybridized carbons (Fsp3) is 0.467. The van der Waals surface area contributed by atoms with Crippen molar-refractivity contribution < 1.29 is 4.79 Å². The summed E-state index contributed by atoms with van der Waals surface area (Å²) in [6.07, 6.45) is 2.01. The first-order valence-electron chi connectivity index (χ1n) is 6.94. The maximum Gasteiger partial charge on any atom is 0.242 e. The van der Waals surface area contributed by atoms with Crippen LogP contribution in [0.3, 0.4) is 0 Å². The van der Waals surface area contributed by atoms with Gasteiger partial charge in [-0.25, -0.2) is 0 Å². The van der Waals surface area contributed by atoms with Gasteiger partial charge in [0.1, 0.15) is 6.54 Å². The van der Waals surface area contributed by atoms with Gasteiger partial charge >= 0.3 is 0 Å². The second kappa shape index (κ2) is 6.70.